The quantitative estimate of drug-likeness (QED) is 0.833. The van der Waals surface area contributed by atoms with E-state index in [1.165, 1.54) is 10.7 Å². The fraction of sp³-hybridized carbons (Fsp3) is 0.250. The highest BCUT2D eigenvalue weighted by Crippen LogP contribution is 2.38. The molecule has 2 aromatic rings. The molecule has 0 bridgehead atoms. The predicted molar refractivity (Wildman–Crippen MR) is 64.0 cm³/mol. The van der Waals surface area contributed by atoms with E-state index in [4.69, 9.17) is 15.2 Å². The number of hydrogen-bond acceptors (Lipinski definition) is 4. The molecule has 0 unspecified atom stereocenters. The van der Waals surface area contributed by atoms with Crippen molar-refractivity contribution in [3.05, 3.63) is 24.1 Å². The maximum Gasteiger partial charge on any atom is 0.197 e. The lowest BCUT2D eigenvalue weighted by molar-refractivity contribution is 0.164. The standard InChI is InChI=1S/C12H12FN3O2/c1-16-12(14)8(6-15-16)7-4-9(13)11-10(5-7)17-2-3-18-11/h4-6H,2-3,14H2,1H3. The Morgan fingerprint density at radius 2 is 2.11 bits per heavy atom. The third-order valence-electron chi connectivity index (χ3n) is 2.89. The van der Waals surface area contributed by atoms with Gasteiger partial charge in [-0.05, 0) is 17.7 Å². The van der Waals surface area contributed by atoms with Gasteiger partial charge in [-0.3, -0.25) is 4.68 Å². The van der Waals surface area contributed by atoms with Gasteiger partial charge in [-0.25, -0.2) is 4.39 Å². The minimum absolute atomic E-state index is 0.160. The second kappa shape index (κ2) is 3.90. The molecule has 0 atom stereocenters. The Kier molecular flexibility index (Phi) is 2.36. The molecule has 0 amide bonds. The van der Waals surface area contributed by atoms with Gasteiger partial charge in [0.15, 0.2) is 17.3 Å². The first-order chi connectivity index (χ1) is 8.66. The number of anilines is 1. The number of ether oxygens (including phenoxy) is 2. The summed E-state index contributed by atoms with van der Waals surface area (Å²) in [5, 5.41) is 4.03. The molecule has 0 aliphatic carbocycles. The third kappa shape index (κ3) is 1.57. The van der Waals surface area contributed by atoms with E-state index in [-0.39, 0.29) is 5.75 Å². The van der Waals surface area contributed by atoms with Crippen molar-refractivity contribution < 1.29 is 13.9 Å². The summed E-state index contributed by atoms with van der Waals surface area (Å²) in [7, 11) is 1.73. The summed E-state index contributed by atoms with van der Waals surface area (Å²) in [6, 6.07) is 3.09. The van der Waals surface area contributed by atoms with Crippen LogP contribution in [0.2, 0.25) is 0 Å². The number of fused-ring (bicyclic) bond motifs is 1. The Balaban J connectivity index is 2.14. The fourth-order valence-electron chi connectivity index (χ4n) is 1.94. The summed E-state index contributed by atoms with van der Waals surface area (Å²) in [6.45, 7) is 0.775. The molecule has 2 N–H and O–H groups in total. The Hall–Kier alpha value is -2.24. The van der Waals surface area contributed by atoms with Gasteiger partial charge in [-0.15, -0.1) is 0 Å². The zero-order valence-corrected chi connectivity index (χ0v) is 9.81. The summed E-state index contributed by atoms with van der Waals surface area (Å²) in [5.41, 5.74) is 7.17. The lowest BCUT2D eigenvalue weighted by Crippen LogP contribution is -2.16. The van der Waals surface area contributed by atoms with Gasteiger partial charge >= 0.3 is 0 Å². The van der Waals surface area contributed by atoms with Crippen LogP contribution in [-0.2, 0) is 7.05 Å². The van der Waals surface area contributed by atoms with Crippen LogP contribution in [0.1, 0.15) is 0 Å². The number of nitrogen functional groups attached to an aromatic ring is 1. The molecule has 1 aliphatic heterocycles. The van der Waals surface area contributed by atoms with Crippen molar-refractivity contribution >= 4 is 5.82 Å². The number of nitrogens with two attached hydrogens (primary N) is 1. The maximum absolute atomic E-state index is 13.9. The highest BCUT2D eigenvalue weighted by molar-refractivity contribution is 5.75. The topological polar surface area (TPSA) is 62.3 Å². The number of nitrogens with zero attached hydrogens (tertiary/aromatic N) is 2. The van der Waals surface area contributed by atoms with Crippen LogP contribution in [0.3, 0.4) is 0 Å². The number of benzene rings is 1. The summed E-state index contributed by atoms with van der Waals surface area (Å²) < 4.78 is 26.0. The Morgan fingerprint density at radius 3 is 2.83 bits per heavy atom. The van der Waals surface area contributed by atoms with E-state index in [9.17, 15) is 4.39 Å². The average Bonchev–Trinajstić information content (AvgIpc) is 2.70. The number of hydrogen-bond donors (Lipinski definition) is 1. The maximum atomic E-state index is 13.9. The smallest absolute Gasteiger partial charge is 0.197 e. The molecule has 0 spiro atoms. The summed E-state index contributed by atoms with van der Waals surface area (Å²) in [6.07, 6.45) is 1.60. The first kappa shape index (κ1) is 10.9. The number of rotatable bonds is 1. The first-order valence-corrected chi connectivity index (χ1v) is 5.54. The fourth-order valence-corrected chi connectivity index (χ4v) is 1.94. The second-order valence-corrected chi connectivity index (χ2v) is 4.05. The van der Waals surface area contributed by atoms with Crippen molar-refractivity contribution in [2.24, 2.45) is 7.05 Å². The Bertz CT molecular complexity index is 610. The molecule has 94 valence electrons. The summed E-state index contributed by atoms with van der Waals surface area (Å²) >= 11 is 0. The Morgan fingerprint density at radius 1 is 1.33 bits per heavy atom. The van der Waals surface area contributed by atoms with Crippen LogP contribution >= 0.6 is 0 Å². The van der Waals surface area contributed by atoms with Gasteiger partial charge < -0.3 is 15.2 Å². The minimum atomic E-state index is -0.453. The molecule has 18 heavy (non-hydrogen) atoms. The monoisotopic (exact) mass is 249 g/mol. The van der Waals surface area contributed by atoms with E-state index < -0.39 is 5.82 Å². The van der Waals surface area contributed by atoms with Crippen LogP contribution < -0.4 is 15.2 Å². The van der Waals surface area contributed by atoms with Crippen LogP contribution in [0.15, 0.2) is 18.3 Å². The van der Waals surface area contributed by atoms with Gasteiger partial charge in [0, 0.05) is 12.6 Å². The van der Waals surface area contributed by atoms with E-state index in [1.54, 1.807) is 19.3 Å². The second-order valence-electron chi connectivity index (χ2n) is 4.05. The lowest BCUT2D eigenvalue weighted by atomic mass is 10.1. The van der Waals surface area contributed by atoms with Gasteiger partial charge in [0.2, 0.25) is 0 Å². The molecule has 1 aromatic heterocycles. The zero-order chi connectivity index (χ0) is 12.7. The van der Waals surface area contributed by atoms with Crippen molar-refractivity contribution in [2.45, 2.75) is 0 Å². The molecule has 0 saturated heterocycles. The van der Waals surface area contributed by atoms with Crippen molar-refractivity contribution in [3.8, 4) is 22.6 Å². The third-order valence-corrected chi connectivity index (χ3v) is 2.89. The zero-order valence-electron chi connectivity index (χ0n) is 9.81. The highest BCUT2D eigenvalue weighted by Gasteiger charge is 2.19. The summed E-state index contributed by atoms with van der Waals surface area (Å²) in [4.78, 5) is 0. The van der Waals surface area contributed by atoms with E-state index in [0.717, 1.165) is 0 Å². The van der Waals surface area contributed by atoms with Gasteiger partial charge in [0.25, 0.3) is 0 Å². The molecule has 0 saturated carbocycles. The minimum Gasteiger partial charge on any atom is -0.486 e. The van der Waals surface area contributed by atoms with E-state index in [1.807, 2.05) is 0 Å². The van der Waals surface area contributed by atoms with Gasteiger partial charge in [0.1, 0.15) is 19.0 Å². The van der Waals surface area contributed by atoms with Crippen LogP contribution in [0.25, 0.3) is 11.1 Å². The SMILES string of the molecule is Cn1ncc(-c2cc(F)c3c(c2)OCCO3)c1N. The van der Waals surface area contributed by atoms with Crippen molar-refractivity contribution in [2.75, 3.05) is 18.9 Å². The number of halogens is 1. The van der Waals surface area contributed by atoms with Crippen molar-refractivity contribution in [1.82, 2.24) is 9.78 Å². The number of aryl methyl sites for hydroxylation is 1. The van der Waals surface area contributed by atoms with E-state index >= 15 is 0 Å². The van der Waals surface area contributed by atoms with Gasteiger partial charge in [-0.1, -0.05) is 0 Å². The molecular formula is C12H12FN3O2. The van der Waals surface area contributed by atoms with Gasteiger partial charge in [-0.2, -0.15) is 5.10 Å². The normalized spacial score (nSPS) is 13.7. The molecular weight excluding hydrogens is 237 g/mol. The van der Waals surface area contributed by atoms with Crippen LogP contribution in [0.4, 0.5) is 10.2 Å². The van der Waals surface area contributed by atoms with Gasteiger partial charge in [0.05, 0.1) is 6.20 Å². The molecule has 2 heterocycles. The largest absolute Gasteiger partial charge is 0.486 e. The molecule has 6 heteroatoms. The Labute approximate surface area is 103 Å². The van der Waals surface area contributed by atoms with Crippen LogP contribution in [0, 0.1) is 5.82 Å². The average molecular weight is 249 g/mol. The number of aromatic nitrogens is 2. The predicted octanol–water partition coefficient (Wildman–Crippen LogP) is 1.58. The molecule has 1 aliphatic rings. The molecule has 5 nitrogen and oxygen atoms in total. The molecule has 0 fully saturated rings. The highest BCUT2D eigenvalue weighted by atomic mass is 19.1. The van der Waals surface area contributed by atoms with E-state index in [0.29, 0.717) is 35.9 Å². The van der Waals surface area contributed by atoms with Crippen molar-refractivity contribution in [3.63, 3.8) is 0 Å². The lowest BCUT2D eigenvalue weighted by Gasteiger charge is -2.19. The first-order valence-electron chi connectivity index (χ1n) is 5.54. The summed E-state index contributed by atoms with van der Waals surface area (Å²) in [5.74, 6) is 0.587. The van der Waals surface area contributed by atoms with E-state index in [2.05, 4.69) is 5.10 Å². The van der Waals surface area contributed by atoms with Crippen LogP contribution in [-0.4, -0.2) is 23.0 Å². The van der Waals surface area contributed by atoms with Crippen LogP contribution in [0.5, 0.6) is 11.5 Å². The molecule has 3 rings (SSSR count). The molecule has 1 aromatic carbocycles. The van der Waals surface area contributed by atoms with Crippen molar-refractivity contribution in [1.29, 1.82) is 0 Å². The molecule has 0 radical (unpaired) electrons.